The molecule has 3 rings (SSSR count). The highest BCUT2D eigenvalue weighted by Gasteiger charge is 2.40. The quantitative estimate of drug-likeness (QED) is 0.795. The second-order valence-electron chi connectivity index (χ2n) is 6.87. The number of carboxylic acids is 1. The number of amides is 1. The number of hydrogen-bond donors (Lipinski definition) is 2. The number of benzene rings is 1. The van der Waals surface area contributed by atoms with Crippen LogP contribution in [-0.2, 0) is 16.0 Å². The van der Waals surface area contributed by atoms with Crippen LogP contribution in [-0.4, -0.2) is 22.0 Å². The molecule has 1 aromatic carbocycles. The van der Waals surface area contributed by atoms with E-state index in [1.165, 1.54) is 0 Å². The number of anilines is 1. The van der Waals surface area contributed by atoms with Gasteiger partial charge in [0.25, 0.3) is 0 Å². The number of fused-ring (bicyclic) bond motifs is 1. The van der Waals surface area contributed by atoms with Gasteiger partial charge in [0.05, 0.1) is 5.41 Å². The number of aryl methyl sites for hydroxylation is 1. The Bertz CT molecular complexity index is 773. The van der Waals surface area contributed by atoms with Crippen molar-refractivity contribution in [3.63, 3.8) is 0 Å². The SMILES string of the molecule is CCc1nc2cc(NC(=O)CC3(C(=O)O)CCCCCC3)ccc2o1. The Balaban J connectivity index is 1.73. The lowest BCUT2D eigenvalue weighted by Crippen LogP contribution is -2.35. The zero-order valence-corrected chi connectivity index (χ0v) is 14.5. The maximum absolute atomic E-state index is 12.5. The van der Waals surface area contributed by atoms with E-state index in [1.54, 1.807) is 18.2 Å². The van der Waals surface area contributed by atoms with Crippen LogP contribution >= 0.6 is 0 Å². The van der Waals surface area contributed by atoms with Crippen molar-refractivity contribution in [3.8, 4) is 0 Å². The van der Waals surface area contributed by atoms with E-state index in [2.05, 4.69) is 10.3 Å². The van der Waals surface area contributed by atoms with Crippen molar-refractivity contribution in [1.82, 2.24) is 4.98 Å². The number of carbonyl (C=O) groups excluding carboxylic acids is 1. The van der Waals surface area contributed by atoms with Crippen molar-refractivity contribution >= 4 is 28.7 Å². The minimum Gasteiger partial charge on any atom is -0.481 e. The predicted octanol–water partition coefficient (Wildman–Crippen LogP) is 4.14. The van der Waals surface area contributed by atoms with Crippen LogP contribution in [0.25, 0.3) is 11.1 Å². The van der Waals surface area contributed by atoms with Gasteiger partial charge in [-0.25, -0.2) is 4.98 Å². The van der Waals surface area contributed by atoms with Crippen LogP contribution in [0.5, 0.6) is 0 Å². The van der Waals surface area contributed by atoms with Crippen LogP contribution in [0.4, 0.5) is 5.69 Å². The summed E-state index contributed by atoms with van der Waals surface area (Å²) in [6, 6.07) is 5.29. The van der Waals surface area contributed by atoms with Gasteiger partial charge in [0.1, 0.15) is 5.52 Å². The average Bonchev–Trinajstić information content (AvgIpc) is 2.84. The third-order valence-electron chi connectivity index (χ3n) is 5.03. The first-order valence-corrected chi connectivity index (χ1v) is 8.95. The molecule has 2 N–H and O–H groups in total. The molecule has 1 amide bonds. The molecule has 0 bridgehead atoms. The fourth-order valence-corrected chi connectivity index (χ4v) is 3.59. The minimum absolute atomic E-state index is 0.0133. The topological polar surface area (TPSA) is 92.4 Å². The Labute approximate surface area is 146 Å². The van der Waals surface area contributed by atoms with E-state index >= 15 is 0 Å². The van der Waals surface area contributed by atoms with Gasteiger partial charge in [0, 0.05) is 18.5 Å². The summed E-state index contributed by atoms with van der Waals surface area (Å²) in [4.78, 5) is 28.7. The molecule has 1 heterocycles. The molecule has 0 saturated heterocycles. The standard InChI is InChI=1S/C19H24N2O4/c1-2-17-21-14-11-13(7-8-15(14)25-17)20-16(22)12-19(18(23)24)9-5-3-4-6-10-19/h7-8,11H,2-6,9-10,12H2,1H3,(H,20,22)(H,23,24). The number of rotatable bonds is 5. The maximum atomic E-state index is 12.5. The minimum atomic E-state index is -0.937. The van der Waals surface area contributed by atoms with Gasteiger partial charge >= 0.3 is 5.97 Å². The monoisotopic (exact) mass is 344 g/mol. The van der Waals surface area contributed by atoms with E-state index in [0.29, 0.717) is 41.9 Å². The molecular formula is C19H24N2O4. The van der Waals surface area contributed by atoms with Gasteiger partial charge in [-0.3, -0.25) is 9.59 Å². The molecule has 1 aromatic heterocycles. The summed E-state index contributed by atoms with van der Waals surface area (Å²) >= 11 is 0. The van der Waals surface area contributed by atoms with Crippen LogP contribution in [0.15, 0.2) is 22.6 Å². The normalized spacial score (nSPS) is 17.2. The molecule has 1 saturated carbocycles. The highest BCUT2D eigenvalue weighted by Crippen LogP contribution is 2.38. The molecule has 0 radical (unpaired) electrons. The number of carbonyl (C=O) groups is 2. The molecule has 0 unspecified atom stereocenters. The first kappa shape index (κ1) is 17.5. The van der Waals surface area contributed by atoms with E-state index in [9.17, 15) is 14.7 Å². The van der Waals surface area contributed by atoms with Crippen LogP contribution in [0.2, 0.25) is 0 Å². The Morgan fingerprint density at radius 3 is 2.60 bits per heavy atom. The molecule has 134 valence electrons. The van der Waals surface area contributed by atoms with Gasteiger partial charge < -0.3 is 14.8 Å². The summed E-state index contributed by atoms with van der Waals surface area (Å²) in [5.74, 6) is -0.464. The summed E-state index contributed by atoms with van der Waals surface area (Å²) in [6.07, 6.45) is 5.67. The number of nitrogens with one attached hydrogen (secondary N) is 1. The molecule has 0 spiro atoms. The van der Waals surface area contributed by atoms with Crippen LogP contribution in [0.3, 0.4) is 0 Å². The van der Waals surface area contributed by atoms with Crippen molar-refractivity contribution in [1.29, 1.82) is 0 Å². The summed E-state index contributed by atoms with van der Waals surface area (Å²) in [5, 5.41) is 12.5. The molecule has 1 fully saturated rings. The summed E-state index contributed by atoms with van der Waals surface area (Å²) < 4.78 is 5.56. The van der Waals surface area contributed by atoms with Crippen molar-refractivity contribution in [2.75, 3.05) is 5.32 Å². The van der Waals surface area contributed by atoms with E-state index in [-0.39, 0.29) is 12.3 Å². The van der Waals surface area contributed by atoms with Crippen LogP contribution < -0.4 is 5.32 Å². The van der Waals surface area contributed by atoms with Gasteiger partial charge in [-0.1, -0.05) is 32.6 Å². The van der Waals surface area contributed by atoms with Crippen molar-refractivity contribution in [2.45, 2.75) is 58.3 Å². The first-order valence-electron chi connectivity index (χ1n) is 8.95. The van der Waals surface area contributed by atoms with Gasteiger partial charge in [-0.05, 0) is 31.0 Å². The zero-order chi connectivity index (χ0) is 17.9. The molecular weight excluding hydrogens is 320 g/mol. The number of oxazole rings is 1. The second kappa shape index (κ2) is 7.25. The van der Waals surface area contributed by atoms with E-state index in [0.717, 1.165) is 25.7 Å². The Morgan fingerprint density at radius 2 is 1.96 bits per heavy atom. The molecule has 0 atom stereocenters. The zero-order valence-electron chi connectivity index (χ0n) is 14.5. The smallest absolute Gasteiger partial charge is 0.310 e. The number of aromatic nitrogens is 1. The molecule has 1 aliphatic rings. The lowest BCUT2D eigenvalue weighted by molar-refractivity contribution is -0.152. The molecule has 2 aromatic rings. The Morgan fingerprint density at radius 1 is 1.24 bits per heavy atom. The molecule has 0 aliphatic heterocycles. The largest absolute Gasteiger partial charge is 0.481 e. The van der Waals surface area contributed by atoms with E-state index in [4.69, 9.17) is 4.42 Å². The van der Waals surface area contributed by atoms with Gasteiger partial charge in [0.2, 0.25) is 5.91 Å². The van der Waals surface area contributed by atoms with Crippen LogP contribution in [0, 0.1) is 5.41 Å². The van der Waals surface area contributed by atoms with Gasteiger partial charge in [0.15, 0.2) is 11.5 Å². The van der Waals surface area contributed by atoms with E-state index in [1.807, 2.05) is 6.92 Å². The maximum Gasteiger partial charge on any atom is 0.310 e. The lowest BCUT2D eigenvalue weighted by Gasteiger charge is -2.27. The molecule has 6 heteroatoms. The Kier molecular flexibility index (Phi) is 5.06. The second-order valence-corrected chi connectivity index (χ2v) is 6.87. The molecule has 1 aliphatic carbocycles. The number of carboxylic acid groups (broad SMARTS) is 1. The summed E-state index contributed by atoms with van der Waals surface area (Å²) in [5.41, 5.74) is 1.05. The van der Waals surface area contributed by atoms with Crippen LogP contribution in [0.1, 0.15) is 57.8 Å². The van der Waals surface area contributed by atoms with Gasteiger partial charge in [-0.2, -0.15) is 0 Å². The molecule has 25 heavy (non-hydrogen) atoms. The van der Waals surface area contributed by atoms with Crippen molar-refractivity contribution in [3.05, 3.63) is 24.1 Å². The number of hydrogen-bond acceptors (Lipinski definition) is 4. The third kappa shape index (κ3) is 3.83. The van der Waals surface area contributed by atoms with Crippen molar-refractivity contribution in [2.24, 2.45) is 5.41 Å². The fourth-order valence-electron chi connectivity index (χ4n) is 3.59. The lowest BCUT2D eigenvalue weighted by atomic mass is 9.77. The first-order chi connectivity index (χ1) is 12.0. The highest BCUT2D eigenvalue weighted by molar-refractivity contribution is 5.95. The third-order valence-corrected chi connectivity index (χ3v) is 5.03. The number of aliphatic carboxylic acids is 1. The number of nitrogens with zero attached hydrogens (tertiary/aromatic N) is 1. The fraction of sp³-hybridized carbons (Fsp3) is 0.526. The summed E-state index contributed by atoms with van der Waals surface area (Å²) in [6.45, 7) is 1.96. The average molecular weight is 344 g/mol. The van der Waals surface area contributed by atoms with Crippen molar-refractivity contribution < 1.29 is 19.1 Å². The highest BCUT2D eigenvalue weighted by atomic mass is 16.4. The van der Waals surface area contributed by atoms with Gasteiger partial charge in [-0.15, -0.1) is 0 Å². The summed E-state index contributed by atoms with van der Waals surface area (Å²) in [7, 11) is 0. The predicted molar refractivity (Wildman–Crippen MR) is 94.4 cm³/mol. The Hall–Kier alpha value is -2.37. The molecule has 6 nitrogen and oxygen atoms in total. The van der Waals surface area contributed by atoms with E-state index < -0.39 is 11.4 Å².